The quantitative estimate of drug-likeness (QED) is 0.841. The van der Waals surface area contributed by atoms with Crippen LogP contribution in [0.4, 0.5) is 5.69 Å². The van der Waals surface area contributed by atoms with Crippen LogP contribution in [0.1, 0.15) is 35.3 Å². The Morgan fingerprint density at radius 1 is 1.19 bits per heavy atom. The van der Waals surface area contributed by atoms with E-state index in [1.165, 1.54) is 0 Å². The molecule has 0 bridgehead atoms. The zero-order chi connectivity index (χ0) is 15.4. The van der Waals surface area contributed by atoms with Crippen molar-refractivity contribution in [3.63, 3.8) is 0 Å². The second kappa shape index (κ2) is 6.83. The van der Waals surface area contributed by atoms with E-state index in [1.54, 1.807) is 18.2 Å². The molecule has 1 atom stereocenters. The van der Waals surface area contributed by atoms with E-state index in [2.05, 4.69) is 12.2 Å². The van der Waals surface area contributed by atoms with E-state index < -0.39 is 5.91 Å². The average molecular weight is 323 g/mol. The molecule has 1 unspecified atom stereocenters. The fourth-order valence-corrected chi connectivity index (χ4v) is 2.66. The Labute approximate surface area is 134 Å². The van der Waals surface area contributed by atoms with Gasteiger partial charge in [0.15, 0.2) is 0 Å². The normalized spacial score (nSPS) is 12.0. The van der Waals surface area contributed by atoms with Crippen molar-refractivity contribution in [3.05, 3.63) is 63.6 Å². The van der Waals surface area contributed by atoms with Crippen molar-refractivity contribution in [3.8, 4) is 0 Å². The third-order valence-electron chi connectivity index (χ3n) is 3.26. The Morgan fingerprint density at radius 3 is 2.38 bits per heavy atom. The third-order valence-corrected chi connectivity index (χ3v) is 3.82. The third kappa shape index (κ3) is 3.90. The van der Waals surface area contributed by atoms with Gasteiger partial charge in [0.05, 0.1) is 6.04 Å². The molecule has 0 radical (unpaired) electrons. The number of amides is 1. The summed E-state index contributed by atoms with van der Waals surface area (Å²) in [4.78, 5) is 11.1. The molecule has 5 heteroatoms. The van der Waals surface area contributed by atoms with Gasteiger partial charge in [-0.1, -0.05) is 36.2 Å². The minimum Gasteiger partial charge on any atom is -0.378 e. The van der Waals surface area contributed by atoms with Crippen LogP contribution in [0.25, 0.3) is 0 Å². The fourth-order valence-electron chi connectivity index (χ4n) is 2.12. The second-order valence-corrected chi connectivity index (χ2v) is 5.56. The highest BCUT2D eigenvalue weighted by Gasteiger charge is 2.13. The van der Waals surface area contributed by atoms with Crippen molar-refractivity contribution in [1.29, 1.82) is 0 Å². The highest BCUT2D eigenvalue weighted by Crippen LogP contribution is 2.30. The molecule has 0 saturated carbocycles. The molecule has 0 heterocycles. The molecule has 2 aromatic carbocycles. The van der Waals surface area contributed by atoms with Crippen molar-refractivity contribution in [2.75, 3.05) is 5.32 Å². The maximum absolute atomic E-state index is 11.1. The molecule has 0 aliphatic heterocycles. The van der Waals surface area contributed by atoms with Gasteiger partial charge in [-0.3, -0.25) is 4.79 Å². The molecule has 0 aromatic heterocycles. The lowest BCUT2D eigenvalue weighted by Gasteiger charge is -2.20. The Morgan fingerprint density at radius 2 is 1.86 bits per heavy atom. The van der Waals surface area contributed by atoms with E-state index in [-0.39, 0.29) is 6.04 Å². The van der Waals surface area contributed by atoms with Gasteiger partial charge < -0.3 is 11.1 Å². The summed E-state index contributed by atoms with van der Waals surface area (Å²) < 4.78 is 0. The summed E-state index contributed by atoms with van der Waals surface area (Å²) in [6, 6.07) is 12.6. The summed E-state index contributed by atoms with van der Waals surface area (Å²) in [6.45, 7) is 2.07. The topological polar surface area (TPSA) is 55.1 Å². The molecule has 0 aliphatic rings. The van der Waals surface area contributed by atoms with Crippen LogP contribution in [0.5, 0.6) is 0 Å². The van der Waals surface area contributed by atoms with Crippen LogP contribution in [-0.2, 0) is 0 Å². The molecule has 3 N–H and O–H groups in total. The van der Waals surface area contributed by atoms with Gasteiger partial charge in [-0.2, -0.15) is 0 Å². The number of rotatable bonds is 5. The Balaban J connectivity index is 2.20. The van der Waals surface area contributed by atoms with Gasteiger partial charge >= 0.3 is 0 Å². The van der Waals surface area contributed by atoms with E-state index in [0.29, 0.717) is 15.6 Å². The SMILES string of the molecule is CCC(Nc1ccc(C(N)=O)cc1)c1ccc(Cl)cc1Cl. The lowest BCUT2D eigenvalue weighted by Crippen LogP contribution is -2.12. The summed E-state index contributed by atoms with van der Waals surface area (Å²) in [6.07, 6.45) is 0.860. The van der Waals surface area contributed by atoms with E-state index in [4.69, 9.17) is 28.9 Å². The Kier molecular flexibility index (Phi) is 5.10. The summed E-state index contributed by atoms with van der Waals surface area (Å²) in [7, 11) is 0. The Hall–Kier alpha value is -1.71. The number of hydrogen-bond donors (Lipinski definition) is 2. The number of carbonyl (C=O) groups is 1. The molecular weight excluding hydrogens is 307 g/mol. The number of benzene rings is 2. The van der Waals surface area contributed by atoms with Gasteiger partial charge in [-0.05, 0) is 48.4 Å². The van der Waals surface area contributed by atoms with Crippen molar-refractivity contribution in [2.45, 2.75) is 19.4 Å². The van der Waals surface area contributed by atoms with Crippen LogP contribution >= 0.6 is 23.2 Å². The number of nitrogens with two attached hydrogens (primary N) is 1. The summed E-state index contributed by atoms with van der Waals surface area (Å²) in [5, 5.41) is 4.64. The molecule has 0 spiro atoms. The van der Waals surface area contributed by atoms with Gasteiger partial charge in [0.2, 0.25) is 5.91 Å². The zero-order valence-electron chi connectivity index (χ0n) is 11.6. The van der Waals surface area contributed by atoms with Crippen LogP contribution in [0, 0.1) is 0 Å². The lowest BCUT2D eigenvalue weighted by atomic mass is 10.0. The smallest absolute Gasteiger partial charge is 0.248 e. The van der Waals surface area contributed by atoms with Crippen LogP contribution < -0.4 is 11.1 Å². The molecule has 2 rings (SSSR count). The maximum Gasteiger partial charge on any atom is 0.248 e. The standard InChI is InChI=1S/C16H16Cl2N2O/c1-2-15(13-8-5-11(17)9-14(13)18)20-12-6-3-10(4-7-12)16(19)21/h3-9,15,20H,2H2,1H3,(H2,19,21). The fraction of sp³-hybridized carbons (Fsp3) is 0.188. The number of anilines is 1. The van der Waals surface area contributed by atoms with Crippen LogP contribution in [0.15, 0.2) is 42.5 Å². The van der Waals surface area contributed by atoms with Crippen molar-refractivity contribution in [2.24, 2.45) is 5.73 Å². The molecule has 0 saturated heterocycles. The van der Waals surface area contributed by atoms with Crippen molar-refractivity contribution >= 4 is 34.8 Å². The van der Waals surface area contributed by atoms with Crippen LogP contribution in [0.2, 0.25) is 10.0 Å². The number of nitrogens with one attached hydrogen (secondary N) is 1. The second-order valence-electron chi connectivity index (χ2n) is 4.71. The van der Waals surface area contributed by atoms with Crippen molar-refractivity contribution in [1.82, 2.24) is 0 Å². The Bertz CT molecular complexity index is 641. The van der Waals surface area contributed by atoms with Gasteiger partial charge in [0, 0.05) is 21.3 Å². The van der Waals surface area contributed by atoms with Crippen molar-refractivity contribution < 1.29 is 4.79 Å². The van der Waals surface area contributed by atoms with Crippen LogP contribution in [0.3, 0.4) is 0 Å². The number of hydrogen-bond acceptors (Lipinski definition) is 2. The lowest BCUT2D eigenvalue weighted by molar-refractivity contribution is 0.100. The first-order valence-electron chi connectivity index (χ1n) is 6.62. The van der Waals surface area contributed by atoms with Gasteiger partial charge in [-0.25, -0.2) is 0 Å². The molecule has 3 nitrogen and oxygen atoms in total. The minimum atomic E-state index is -0.436. The van der Waals surface area contributed by atoms with Crippen LogP contribution in [-0.4, -0.2) is 5.91 Å². The largest absolute Gasteiger partial charge is 0.378 e. The highest BCUT2D eigenvalue weighted by atomic mass is 35.5. The highest BCUT2D eigenvalue weighted by molar-refractivity contribution is 6.35. The first kappa shape index (κ1) is 15.7. The number of halogens is 2. The van der Waals surface area contributed by atoms with E-state index in [9.17, 15) is 4.79 Å². The van der Waals surface area contributed by atoms with Gasteiger partial charge in [0.1, 0.15) is 0 Å². The van der Waals surface area contributed by atoms with E-state index >= 15 is 0 Å². The number of primary amides is 1. The molecule has 1 amide bonds. The predicted molar refractivity (Wildman–Crippen MR) is 88.1 cm³/mol. The average Bonchev–Trinajstić information content (AvgIpc) is 2.46. The zero-order valence-corrected chi connectivity index (χ0v) is 13.1. The molecule has 0 fully saturated rings. The summed E-state index contributed by atoms with van der Waals surface area (Å²) in [5.41, 5.74) is 7.60. The molecular formula is C16H16Cl2N2O. The summed E-state index contributed by atoms with van der Waals surface area (Å²) >= 11 is 12.2. The van der Waals surface area contributed by atoms with Gasteiger partial charge in [-0.15, -0.1) is 0 Å². The molecule has 21 heavy (non-hydrogen) atoms. The summed E-state index contributed by atoms with van der Waals surface area (Å²) in [5.74, 6) is -0.436. The first-order valence-corrected chi connectivity index (χ1v) is 7.38. The maximum atomic E-state index is 11.1. The van der Waals surface area contributed by atoms with E-state index in [0.717, 1.165) is 17.7 Å². The van der Waals surface area contributed by atoms with E-state index in [1.807, 2.05) is 24.3 Å². The predicted octanol–water partition coefficient (Wildman–Crippen LogP) is 4.66. The first-order chi connectivity index (χ1) is 10.0. The minimum absolute atomic E-state index is 0.0641. The number of carbonyl (C=O) groups excluding carboxylic acids is 1. The molecule has 110 valence electrons. The van der Waals surface area contributed by atoms with Gasteiger partial charge in [0.25, 0.3) is 0 Å². The molecule has 2 aromatic rings. The molecule has 0 aliphatic carbocycles. The monoisotopic (exact) mass is 322 g/mol.